The normalized spacial score (nSPS) is 10.6. The van der Waals surface area contributed by atoms with E-state index in [4.69, 9.17) is 16.2 Å². The number of nitrogens with two attached hydrogens (primary N) is 2. The van der Waals surface area contributed by atoms with Gasteiger partial charge in [-0.3, -0.25) is 5.32 Å². The zero-order valence-corrected chi connectivity index (χ0v) is 12.0. The monoisotopic (exact) mass is 300 g/mol. The minimum absolute atomic E-state index is 0.0733. The highest BCUT2D eigenvalue weighted by molar-refractivity contribution is 5.89. The van der Waals surface area contributed by atoms with E-state index in [9.17, 15) is 4.79 Å². The Morgan fingerprint density at radius 3 is 2.64 bits per heavy atom. The average molecular weight is 300 g/mol. The van der Waals surface area contributed by atoms with Gasteiger partial charge in [0.15, 0.2) is 5.82 Å². The van der Waals surface area contributed by atoms with Crippen molar-refractivity contribution in [3.8, 4) is 0 Å². The number of azo groups is 1. The van der Waals surface area contributed by atoms with Crippen LogP contribution in [0, 0.1) is 0 Å². The molecule has 114 valence electrons. The Bertz CT molecular complexity index is 687. The molecule has 1 aromatic carbocycles. The SMILES string of the molecule is CCOC(=O)Nc1cc(N=Nc2ccccc2)c(N)nc1N. The van der Waals surface area contributed by atoms with E-state index < -0.39 is 6.09 Å². The molecular formula is C14H16N6O2. The summed E-state index contributed by atoms with van der Waals surface area (Å²) >= 11 is 0. The number of hydrogen-bond donors (Lipinski definition) is 3. The van der Waals surface area contributed by atoms with E-state index in [-0.39, 0.29) is 23.9 Å². The van der Waals surface area contributed by atoms with Gasteiger partial charge >= 0.3 is 6.09 Å². The second-order valence-electron chi connectivity index (χ2n) is 4.21. The molecule has 8 heteroatoms. The zero-order chi connectivity index (χ0) is 15.9. The van der Waals surface area contributed by atoms with Gasteiger partial charge in [0.05, 0.1) is 18.0 Å². The lowest BCUT2D eigenvalue weighted by molar-refractivity contribution is 0.168. The summed E-state index contributed by atoms with van der Waals surface area (Å²) in [6.07, 6.45) is -0.633. The fraction of sp³-hybridized carbons (Fsp3) is 0.143. The summed E-state index contributed by atoms with van der Waals surface area (Å²) < 4.78 is 4.78. The van der Waals surface area contributed by atoms with E-state index in [1.54, 1.807) is 19.1 Å². The van der Waals surface area contributed by atoms with Crippen LogP contribution in [0.5, 0.6) is 0 Å². The number of rotatable bonds is 4. The molecular weight excluding hydrogens is 284 g/mol. The number of anilines is 3. The maximum Gasteiger partial charge on any atom is 0.411 e. The molecule has 0 unspecified atom stereocenters. The first-order valence-corrected chi connectivity index (χ1v) is 6.56. The highest BCUT2D eigenvalue weighted by atomic mass is 16.5. The predicted molar refractivity (Wildman–Crippen MR) is 84.3 cm³/mol. The Hall–Kier alpha value is -3.16. The Morgan fingerprint density at radius 1 is 1.23 bits per heavy atom. The van der Waals surface area contributed by atoms with Crippen LogP contribution in [0.15, 0.2) is 46.6 Å². The van der Waals surface area contributed by atoms with Crippen LogP contribution in [0.1, 0.15) is 6.92 Å². The number of carbonyl (C=O) groups is 1. The average Bonchev–Trinajstić information content (AvgIpc) is 2.50. The van der Waals surface area contributed by atoms with Crippen LogP contribution >= 0.6 is 0 Å². The molecule has 0 saturated carbocycles. The van der Waals surface area contributed by atoms with Crippen LogP contribution in [0.2, 0.25) is 0 Å². The molecule has 0 spiro atoms. The van der Waals surface area contributed by atoms with Crippen LogP contribution in [0.4, 0.5) is 33.5 Å². The standard InChI is InChI=1S/C14H16N6O2/c1-2-22-14(21)17-10-8-11(13(16)18-12(10)15)20-19-9-6-4-3-5-7-9/h3-8H,2H2,1H3,(H,17,21)(H4,15,16,18). The van der Waals surface area contributed by atoms with Crippen molar-refractivity contribution < 1.29 is 9.53 Å². The van der Waals surface area contributed by atoms with Gasteiger partial charge in [0, 0.05) is 0 Å². The van der Waals surface area contributed by atoms with Crippen molar-refractivity contribution in [3.63, 3.8) is 0 Å². The number of nitrogens with one attached hydrogen (secondary N) is 1. The van der Waals surface area contributed by atoms with Crippen LogP contribution < -0.4 is 16.8 Å². The van der Waals surface area contributed by atoms with Gasteiger partial charge in [-0.1, -0.05) is 18.2 Å². The van der Waals surface area contributed by atoms with Gasteiger partial charge in [-0.2, -0.15) is 5.11 Å². The molecule has 1 heterocycles. The number of aromatic nitrogens is 1. The first-order valence-electron chi connectivity index (χ1n) is 6.56. The summed E-state index contributed by atoms with van der Waals surface area (Å²) in [5.74, 6) is 0.191. The summed E-state index contributed by atoms with van der Waals surface area (Å²) in [5, 5.41) is 10.5. The first-order chi connectivity index (χ1) is 10.6. The maximum atomic E-state index is 11.4. The van der Waals surface area contributed by atoms with E-state index in [0.29, 0.717) is 11.4 Å². The molecule has 8 nitrogen and oxygen atoms in total. The molecule has 5 N–H and O–H groups in total. The topological polar surface area (TPSA) is 128 Å². The van der Waals surface area contributed by atoms with E-state index in [2.05, 4.69) is 20.5 Å². The summed E-state index contributed by atoms with van der Waals surface area (Å²) in [6.45, 7) is 1.94. The van der Waals surface area contributed by atoms with Gasteiger partial charge in [-0.25, -0.2) is 9.78 Å². The Morgan fingerprint density at radius 2 is 1.95 bits per heavy atom. The number of pyridine rings is 1. The fourth-order valence-electron chi connectivity index (χ4n) is 1.60. The van der Waals surface area contributed by atoms with Gasteiger partial charge in [-0.15, -0.1) is 5.11 Å². The van der Waals surface area contributed by atoms with Gasteiger partial charge in [0.2, 0.25) is 0 Å². The fourth-order valence-corrected chi connectivity index (χ4v) is 1.60. The summed E-state index contributed by atoms with van der Waals surface area (Å²) in [7, 11) is 0. The number of nitrogens with zero attached hydrogens (tertiary/aromatic N) is 3. The van der Waals surface area contributed by atoms with E-state index in [1.165, 1.54) is 6.07 Å². The van der Waals surface area contributed by atoms with Crippen LogP contribution in [0.3, 0.4) is 0 Å². The number of hydrogen-bond acceptors (Lipinski definition) is 7. The predicted octanol–water partition coefficient (Wildman–Crippen LogP) is 3.23. The van der Waals surface area contributed by atoms with Crippen LogP contribution in [-0.2, 0) is 4.74 Å². The molecule has 1 aromatic heterocycles. The van der Waals surface area contributed by atoms with E-state index >= 15 is 0 Å². The lowest BCUT2D eigenvalue weighted by atomic mass is 10.3. The molecule has 0 aliphatic carbocycles. The molecule has 0 aliphatic heterocycles. The summed E-state index contributed by atoms with van der Waals surface area (Å²) in [6, 6.07) is 10.6. The Labute approximate surface area is 127 Å². The second kappa shape index (κ2) is 7.02. The van der Waals surface area contributed by atoms with E-state index in [0.717, 1.165) is 0 Å². The number of carbonyl (C=O) groups excluding carboxylic acids is 1. The Balaban J connectivity index is 2.24. The minimum Gasteiger partial charge on any atom is -0.450 e. The largest absolute Gasteiger partial charge is 0.450 e. The highest BCUT2D eigenvalue weighted by Gasteiger charge is 2.11. The van der Waals surface area contributed by atoms with Crippen molar-refractivity contribution in [3.05, 3.63) is 36.4 Å². The van der Waals surface area contributed by atoms with Crippen molar-refractivity contribution in [1.29, 1.82) is 0 Å². The smallest absolute Gasteiger partial charge is 0.411 e. The summed E-state index contributed by atoms with van der Waals surface area (Å²) in [5.41, 5.74) is 12.7. The quantitative estimate of drug-likeness (QED) is 0.747. The molecule has 1 amide bonds. The third-order valence-corrected chi connectivity index (χ3v) is 2.60. The molecule has 0 radical (unpaired) electrons. The molecule has 0 aliphatic rings. The van der Waals surface area contributed by atoms with Crippen molar-refractivity contribution in [2.45, 2.75) is 6.92 Å². The molecule has 22 heavy (non-hydrogen) atoms. The van der Waals surface area contributed by atoms with Gasteiger partial charge in [0.25, 0.3) is 0 Å². The number of amides is 1. The number of nitrogen functional groups attached to an aromatic ring is 2. The van der Waals surface area contributed by atoms with Crippen molar-refractivity contribution in [2.75, 3.05) is 23.4 Å². The zero-order valence-electron chi connectivity index (χ0n) is 12.0. The minimum atomic E-state index is -0.633. The molecule has 0 atom stereocenters. The summed E-state index contributed by atoms with van der Waals surface area (Å²) in [4.78, 5) is 15.4. The van der Waals surface area contributed by atoms with Gasteiger partial charge < -0.3 is 16.2 Å². The van der Waals surface area contributed by atoms with Gasteiger partial charge in [-0.05, 0) is 25.1 Å². The second-order valence-corrected chi connectivity index (χ2v) is 4.21. The van der Waals surface area contributed by atoms with Gasteiger partial charge in [0.1, 0.15) is 11.5 Å². The van der Waals surface area contributed by atoms with Crippen molar-refractivity contribution >= 4 is 34.8 Å². The maximum absolute atomic E-state index is 11.4. The number of benzene rings is 1. The molecule has 2 aromatic rings. The van der Waals surface area contributed by atoms with E-state index in [1.807, 2.05) is 18.2 Å². The lowest BCUT2D eigenvalue weighted by Gasteiger charge is -2.09. The van der Waals surface area contributed by atoms with Crippen molar-refractivity contribution in [1.82, 2.24) is 4.98 Å². The first kappa shape index (κ1) is 15.2. The molecule has 0 bridgehead atoms. The number of ether oxygens (including phenoxy) is 1. The third-order valence-electron chi connectivity index (χ3n) is 2.60. The van der Waals surface area contributed by atoms with Crippen molar-refractivity contribution in [2.24, 2.45) is 10.2 Å². The van der Waals surface area contributed by atoms with Crippen LogP contribution in [0.25, 0.3) is 0 Å². The molecule has 0 fully saturated rings. The molecule has 0 saturated heterocycles. The van der Waals surface area contributed by atoms with Crippen LogP contribution in [-0.4, -0.2) is 17.7 Å². The molecule has 2 rings (SSSR count). The third kappa shape index (κ3) is 3.92. The highest BCUT2D eigenvalue weighted by Crippen LogP contribution is 2.29. The lowest BCUT2D eigenvalue weighted by Crippen LogP contribution is -2.15. The Kier molecular flexibility index (Phi) is 4.86.